The molecular formula is C15H28O3. The quantitative estimate of drug-likeness (QED) is 0.761. The zero-order valence-electron chi connectivity index (χ0n) is 11.9. The molecule has 0 aromatic rings. The molecular weight excluding hydrogens is 228 g/mol. The monoisotopic (exact) mass is 256 g/mol. The summed E-state index contributed by atoms with van der Waals surface area (Å²) in [6.45, 7) is 4.67. The summed E-state index contributed by atoms with van der Waals surface area (Å²) in [7, 11) is 0. The van der Waals surface area contributed by atoms with Gasteiger partial charge in [0.05, 0.1) is 31.0 Å². The van der Waals surface area contributed by atoms with Gasteiger partial charge in [0.25, 0.3) is 0 Å². The lowest BCUT2D eigenvalue weighted by Gasteiger charge is -2.44. The molecule has 0 amide bonds. The average molecular weight is 256 g/mol. The van der Waals surface area contributed by atoms with Crippen molar-refractivity contribution in [1.82, 2.24) is 0 Å². The summed E-state index contributed by atoms with van der Waals surface area (Å²) < 4.78 is 12.0. The molecule has 2 fully saturated rings. The molecule has 2 unspecified atom stereocenters. The number of aliphatic hydroxyl groups is 1. The molecule has 0 radical (unpaired) electrons. The van der Waals surface area contributed by atoms with Crippen LogP contribution in [0.4, 0.5) is 0 Å². The van der Waals surface area contributed by atoms with Gasteiger partial charge >= 0.3 is 0 Å². The highest BCUT2D eigenvalue weighted by Gasteiger charge is 2.45. The third-order valence-electron chi connectivity index (χ3n) is 4.61. The van der Waals surface area contributed by atoms with Gasteiger partial charge in [-0.15, -0.1) is 0 Å². The molecule has 2 atom stereocenters. The van der Waals surface area contributed by atoms with Gasteiger partial charge in [0.15, 0.2) is 0 Å². The number of ether oxygens (including phenoxy) is 2. The highest BCUT2D eigenvalue weighted by atomic mass is 16.6. The van der Waals surface area contributed by atoms with Crippen LogP contribution in [0.25, 0.3) is 0 Å². The van der Waals surface area contributed by atoms with Crippen molar-refractivity contribution in [1.29, 1.82) is 0 Å². The fourth-order valence-corrected chi connectivity index (χ4v) is 3.32. The number of aliphatic hydroxyl groups excluding tert-OH is 1. The summed E-state index contributed by atoms with van der Waals surface area (Å²) in [5.41, 5.74) is 0.156. The van der Waals surface area contributed by atoms with Crippen LogP contribution in [0.2, 0.25) is 0 Å². The number of rotatable bonds is 7. The smallest absolute Gasteiger partial charge is 0.0788 e. The van der Waals surface area contributed by atoms with Gasteiger partial charge in [-0.2, -0.15) is 0 Å². The van der Waals surface area contributed by atoms with E-state index in [-0.39, 0.29) is 24.4 Å². The van der Waals surface area contributed by atoms with E-state index in [9.17, 15) is 0 Å². The second-order valence-corrected chi connectivity index (χ2v) is 6.15. The van der Waals surface area contributed by atoms with E-state index in [1.165, 1.54) is 44.9 Å². The van der Waals surface area contributed by atoms with E-state index >= 15 is 0 Å². The Balaban J connectivity index is 1.81. The molecule has 2 saturated carbocycles. The van der Waals surface area contributed by atoms with E-state index in [1.807, 2.05) is 6.92 Å². The van der Waals surface area contributed by atoms with Crippen molar-refractivity contribution in [3.63, 3.8) is 0 Å². The maximum atomic E-state index is 8.95. The third-order valence-corrected chi connectivity index (χ3v) is 4.61. The first-order valence-electron chi connectivity index (χ1n) is 7.56. The molecule has 106 valence electrons. The molecule has 2 aliphatic rings. The van der Waals surface area contributed by atoms with E-state index in [4.69, 9.17) is 14.6 Å². The Kier molecular flexibility index (Phi) is 5.05. The van der Waals surface area contributed by atoms with Crippen molar-refractivity contribution in [3.05, 3.63) is 0 Å². The van der Waals surface area contributed by atoms with Crippen LogP contribution in [0, 0.1) is 5.92 Å². The average Bonchev–Trinajstić information content (AvgIpc) is 2.72. The second-order valence-electron chi connectivity index (χ2n) is 6.15. The van der Waals surface area contributed by atoms with Crippen LogP contribution in [0.1, 0.15) is 58.8 Å². The Labute approximate surface area is 111 Å². The molecule has 2 rings (SSSR count). The van der Waals surface area contributed by atoms with Crippen LogP contribution in [0.15, 0.2) is 0 Å². The van der Waals surface area contributed by atoms with Gasteiger partial charge < -0.3 is 14.6 Å². The molecule has 0 aliphatic heterocycles. The molecule has 0 spiro atoms. The predicted molar refractivity (Wildman–Crippen MR) is 71.6 cm³/mol. The van der Waals surface area contributed by atoms with Crippen LogP contribution < -0.4 is 0 Å². The summed E-state index contributed by atoms with van der Waals surface area (Å²) in [4.78, 5) is 0. The minimum Gasteiger partial charge on any atom is -0.394 e. The van der Waals surface area contributed by atoms with Gasteiger partial charge in [0.1, 0.15) is 0 Å². The first-order chi connectivity index (χ1) is 8.66. The maximum absolute atomic E-state index is 8.95. The molecule has 0 bridgehead atoms. The maximum Gasteiger partial charge on any atom is 0.0788 e. The molecule has 18 heavy (non-hydrogen) atoms. The summed E-state index contributed by atoms with van der Waals surface area (Å²) in [6, 6.07) is 0. The SMILES string of the molecule is CC(CO)OCC(C)OC1(C2CCC2)CCCC1. The van der Waals surface area contributed by atoms with Crippen LogP contribution in [0.5, 0.6) is 0 Å². The van der Waals surface area contributed by atoms with Crippen molar-refractivity contribution in [3.8, 4) is 0 Å². The molecule has 1 N–H and O–H groups in total. The number of hydrogen-bond donors (Lipinski definition) is 1. The molecule has 3 heteroatoms. The molecule has 3 nitrogen and oxygen atoms in total. The second kappa shape index (κ2) is 6.36. The Morgan fingerprint density at radius 3 is 2.28 bits per heavy atom. The van der Waals surface area contributed by atoms with Gasteiger partial charge in [-0.05, 0) is 45.4 Å². The zero-order valence-corrected chi connectivity index (χ0v) is 11.9. The van der Waals surface area contributed by atoms with Crippen molar-refractivity contribution in [2.75, 3.05) is 13.2 Å². The first kappa shape index (κ1) is 14.3. The Bertz CT molecular complexity index is 244. The summed E-state index contributed by atoms with van der Waals surface area (Å²) in [5.74, 6) is 0.790. The van der Waals surface area contributed by atoms with Crippen LogP contribution in [-0.2, 0) is 9.47 Å². The fraction of sp³-hybridized carbons (Fsp3) is 1.00. The minimum atomic E-state index is -0.0840. The standard InChI is InChI=1S/C15H28O3/c1-12(10-16)17-11-13(2)18-15(8-3-4-9-15)14-6-5-7-14/h12-14,16H,3-11H2,1-2H3. The molecule has 0 heterocycles. The van der Waals surface area contributed by atoms with Gasteiger partial charge in [0, 0.05) is 0 Å². The van der Waals surface area contributed by atoms with Gasteiger partial charge in [-0.3, -0.25) is 0 Å². The van der Waals surface area contributed by atoms with E-state index in [2.05, 4.69) is 6.92 Å². The lowest BCUT2D eigenvalue weighted by molar-refractivity contribution is -0.158. The van der Waals surface area contributed by atoms with E-state index in [1.54, 1.807) is 0 Å². The summed E-state index contributed by atoms with van der Waals surface area (Å²) in [6.07, 6.45) is 9.23. The van der Waals surface area contributed by atoms with E-state index in [0.29, 0.717) is 6.61 Å². The topological polar surface area (TPSA) is 38.7 Å². The molecule has 2 aliphatic carbocycles. The lowest BCUT2D eigenvalue weighted by atomic mass is 9.71. The van der Waals surface area contributed by atoms with Crippen molar-refractivity contribution in [2.45, 2.75) is 76.6 Å². The van der Waals surface area contributed by atoms with Crippen LogP contribution in [0.3, 0.4) is 0 Å². The Morgan fingerprint density at radius 1 is 1.11 bits per heavy atom. The van der Waals surface area contributed by atoms with Gasteiger partial charge in [-0.1, -0.05) is 19.3 Å². The normalized spacial score (nSPS) is 26.8. The third kappa shape index (κ3) is 3.25. The molecule has 0 aromatic heterocycles. The van der Waals surface area contributed by atoms with Crippen LogP contribution in [-0.4, -0.2) is 36.1 Å². The Morgan fingerprint density at radius 2 is 1.78 bits per heavy atom. The highest BCUT2D eigenvalue weighted by molar-refractivity contribution is 4.96. The number of hydrogen-bond acceptors (Lipinski definition) is 3. The van der Waals surface area contributed by atoms with Crippen molar-refractivity contribution < 1.29 is 14.6 Å². The van der Waals surface area contributed by atoms with E-state index < -0.39 is 0 Å². The minimum absolute atomic E-state index is 0.0838. The first-order valence-corrected chi connectivity index (χ1v) is 7.56. The van der Waals surface area contributed by atoms with Crippen molar-refractivity contribution in [2.24, 2.45) is 5.92 Å². The Hall–Kier alpha value is -0.120. The van der Waals surface area contributed by atoms with Gasteiger partial charge in [0.2, 0.25) is 0 Å². The van der Waals surface area contributed by atoms with Crippen molar-refractivity contribution >= 4 is 0 Å². The fourth-order valence-electron chi connectivity index (χ4n) is 3.32. The zero-order chi connectivity index (χ0) is 13.0. The molecule has 0 aromatic carbocycles. The highest BCUT2D eigenvalue weighted by Crippen LogP contribution is 2.48. The molecule has 0 saturated heterocycles. The van der Waals surface area contributed by atoms with Gasteiger partial charge in [-0.25, -0.2) is 0 Å². The largest absolute Gasteiger partial charge is 0.394 e. The summed E-state index contributed by atoms with van der Waals surface area (Å²) in [5, 5.41) is 8.95. The predicted octanol–water partition coefficient (Wildman–Crippen LogP) is 2.90. The summed E-state index contributed by atoms with van der Waals surface area (Å²) >= 11 is 0. The lowest BCUT2D eigenvalue weighted by Crippen LogP contribution is -2.45. The van der Waals surface area contributed by atoms with E-state index in [0.717, 1.165) is 5.92 Å². The van der Waals surface area contributed by atoms with Crippen LogP contribution >= 0.6 is 0 Å².